The van der Waals surface area contributed by atoms with Gasteiger partial charge >= 0.3 is 5.97 Å². The lowest BCUT2D eigenvalue weighted by molar-refractivity contribution is -0.149. The van der Waals surface area contributed by atoms with Gasteiger partial charge in [0.2, 0.25) is 5.91 Å². The van der Waals surface area contributed by atoms with Crippen molar-refractivity contribution >= 4 is 24.3 Å². The zero-order valence-corrected chi connectivity index (χ0v) is 14.3. The average molecular weight is 351 g/mol. The number of carbonyl (C=O) groups is 2. The van der Waals surface area contributed by atoms with Crippen LogP contribution in [0.3, 0.4) is 0 Å². The van der Waals surface area contributed by atoms with E-state index in [1.165, 1.54) is 7.11 Å². The van der Waals surface area contributed by atoms with Crippen molar-refractivity contribution in [2.45, 2.75) is 37.9 Å². The fraction of sp³-hybridized carbons (Fsp3) is 0.867. The van der Waals surface area contributed by atoms with Crippen LogP contribution in [0.25, 0.3) is 0 Å². The Balaban J connectivity index is 0.00000264. The van der Waals surface area contributed by atoms with Crippen LogP contribution in [-0.4, -0.2) is 57.5 Å². The molecule has 3 N–H and O–H groups in total. The van der Waals surface area contributed by atoms with Gasteiger partial charge in [-0.25, -0.2) is 0 Å². The first-order chi connectivity index (χ1) is 10.7. The van der Waals surface area contributed by atoms with E-state index < -0.39 is 6.10 Å². The topological polar surface area (TPSA) is 99.9 Å². The second-order valence-electron chi connectivity index (χ2n) is 5.88. The summed E-state index contributed by atoms with van der Waals surface area (Å²) < 4.78 is 15.8. The summed E-state index contributed by atoms with van der Waals surface area (Å²) >= 11 is 0. The molecule has 0 spiro atoms. The normalized spacial score (nSPS) is 26.2. The van der Waals surface area contributed by atoms with Crippen LogP contribution < -0.4 is 11.1 Å². The predicted molar refractivity (Wildman–Crippen MR) is 86.3 cm³/mol. The summed E-state index contributed by atoms with van der Waals surface area (Å²) in [7, 11) is 1.38. The third-order valence-electron chi connectivity index (χ3n) is 4.50. The van der Waals surface area contributed by atoms with Gasteiger partial charge in [-0.15, -0.1) is 12.4 Å². The first-order valence-corrected chi connectivity index (χ1v) is 7.94. The number of methoxy groups -OCH3 is 1. The molecule has 23 heavy (non-hydrogen) atoms. The maximum Gasteiger partial charge on any atom is 0.310 e. The molecule has 0 aromatic carbocycles. The highest BCUT2D eigenvalue weighted by Gasteiger charge is 2.33. The van der Waals surface area contributed by atoms with E-state index in [2.05, 4.69) is 5.32 Å². The quantitative estimate of drug-likeness (QED) is 0.666. The summed E-state index contributed by atoms with van der Waals surface area (Å²) in [6, 6.07) is 0. The van der Waals surface area contributed by atoms with E-state index in [-0.39, 0.29) is 48.8 Å². The number of nitrogens with two attached hydrogens (primary N) is 1. The molecule has 8 heteroatoms. The van der Waals surface area contributed by atoms with Crippen LogP contribution in [-0.2, 0) is 23.8 Å². The van der Waals surface area contributed by atoms with Crippen molar-refractivity contribution < 1.29 is 23.8 Å². The Morgan fingerprint density at radius 3 is 2.52 bits per heavy atom. The Morgan fingerprint density at radius 1 is 1.26 bits per heavy atom. The molecule has 0 radical (unpaired) electrons. The van der Waals surface area contributed by atoms with E-state index >= 15 is 0 Å². The van der Waals surface area contributed by atoms with Gasteiger partial charge in [0.1, 0.15) is 6.10 Å². The maximum absolute atomic E-state index is 12.2. The highest BCUT2D eigenvalue weighted by Crippen LogP contribution is 2.25. The van der Waals surface area contributed by atoms with E-state index in [1.54, 1.807) is 0 Å². The molecule has 0 aliphatic carbocycles. The second kappa shape index (κ2) is 10.1. The lowest BCUT2D eigenvalue weighted by Gasteiger charge is -2.28. The van der Waals surface area contributed by atoms with Gasteiger partial charge < -0.3 is 25.3 Å². The molecule has 1 amide bonds. The second-order valence-corrected chi connectivity index (χ2v) is 5.88. The van der Waals surface area contributed by atoms with E-state index in [1.807, 2.05) is 0 Å². The number of amides is 1. The van der Waals surface area contributed by atoms with E-state index in [0.717, 1.165) is 19.3 Å². The lowest BCUT2D eigenvalue weighted by atomic mass is 9.86. The van der Waals surface area contributed by atoms with Crippen LogP contribution in [0.4, 0.5) is 0 Å². The van der Waals surface area contributed by atoms with Gasteiger partial charge in [-0.2, -0.15) is 0 Å². The van der Waals surface area contributed by atoms with Gasteiger partial charge in [-0.05, 0) is 31.6 Å². The molecule has 2 rings (SSSR count). The maximum atomic E-state index is 12.2. The van der Waals surface area contributed by atoms with Crippen molar-refractivity contribution in [3.63, 3.8) is 0 Å². The van der Waals surface area contributed by atoms with Crippen molar-refractivity contribution in [1.82, 2.24) is 5.32 Å². The fourth-order valence-corrected chi connectivity index (χ4v) is 3.11. The van der Waals surface area contributed by atoms with Crippen molar-refractivity contribution in [2.75, 3.05) is 33.4 Å². The number of hydrogen-bond acceptors (Lipinski definition) is 6. The molecule has 2 fully saturated rings. The minimum Gasteiger partial charge on any atom is -0.469 e. The zero-order valence-electron chi connectivity index (χ0n) is 13.5. The summed E-state index contributed by atoms with van der Waals surface area (Å²) in [5.74, 6) is -0.594. The molecule has 0 aromatic rings. The van der Waals surface area contributed by atoms with Gasteiger partial charge in [-0.1, -0.05) is 0 Å². The molecule has 0 bridgehead atoms. The van der Waals surface area contributed by atoms with E-state index in [0.29, 0.717) is 26.2 Å². The average Bonchev–Trinajstić information content (AvgIpc) is 3.04. The summed E-state index contributed by atoms with van der Waals surface area (Å²) in [5, 5.41) is 2.84. The number of ether oxygens (including phenoxy) is 3. The molecule has 0 saturated carbocycles. The Bertz CT molecular complexity index is 390. The standard InChI is InChI=1S/C15H26N2O5.ClH/c1-20-15(19)12(10-4-6-21-7-5-10)9-17-14(18)13-3-2-11(8-16)22-13;/h10-13H,2-9,16H2,1H3,(H,17,18);1H/t11-,12?,13+;/m1./s1. The Labute approximate surface area is 143 Å². The van der Waals surface area contributed by atoms with Crippen LogP contribution in [0.5, 0.6) is 0 Å². The van der Waals surface area contributed by atoms with Gasteiger partial charge in [0.15, 0.2) is 0 Å². The van der Waals surface area contributed by atoms with Crippen LogP contribution >= 0.6 is 12.4 Å². The van der Waals surface area contributed by atoms with E-state index in [9.17, 15) is 9.59 Å². The fourth-order valence-electron chi connectivity index (χ4n) is 3.11. The Hall–Kier alpha value is -0.890. The SMILES string of the molecule is COC(=O)C(CNC(=O)[C@@H]1CC[C@H](CN)O1)C1CCOCC1.Cl. The molecule has 2 heterocycles. The minimum absolute atomic E-state index is 0. The van der Waals surface area contributed by atoms with Crippen LogP contribution in [0.2, 0.25) is 0 Å². The number of hydrogen-bond donors (Lipinski definition) is 2. The predicted octanol–water partition coefficient (Wildman–Crippen LogP) is 0.247. The van der Waals surface area contributed by atoms with Crippen molar-refractivity contribution in [1.29, 1.82) is 0 Å². The molecule has 2 saturated heterocycles. The number of halogens is 1. The molecule has 3 atom stereocenters. The Morgan fingerprint density at radius 2 is 1.96 bits per heavy atom. The number of esters is 1. The van der Waals surface area contributed by atoms with Crippen molar-refractivity contribution in [3.05, 3.63) is 0 Å². The zero-order chi connectivity index (χ0) is 15.9. The van der Waals surface area contributed by atoms with Crippen LogP contribution in [0.15, 0.2) is 0 Å². The molecule has 1 unspecified atom stereocenters. The van der Waals surface area contributed by atoms with Crippen molar-refractivity contribution in [2.24, 2.45) is 17.6 Å². The van der Waals surface area contributed by atoms with Crippen LogP contribution in [0.1, 0.15) is 25.7 Å². The smallest absolute Gasteiger partial charge is 0.310 e. The third-order valence-corrected chi connectivity index (χ3v) is 4.50. The summed E-state index contributed by atoms with van der Waals surface area (Å²) in [6.45, 7) is 2.01. The third kappa shape index (κ3) is 5.60. The molecule has 2 aliphatic heterocycles. The molecule has 7 nitrogen and oxygen atoms in total. The monoisotopic (exact) mass is 350 g/mol. The summed E-state index contributed by atoms with van der Waals surface area (Å²) in [6.07, 6.45) is 2.60. The minimum atomic E-state index is -0.457. The first-order valence-electron chi connectivity index (χ1n) is 7.94. The van der Waals surface area contributed by atoms with Gasteiger partial charge in [-0.3, -0.25) is 9.59 Å². The molecular weight excluding hydrogens is 324 g/mol. The highest BCUT2D eigenvalue weighted by atomic mass is 35.5. The van der Waals surface area contributed by atoms with Gasteiger partial charge in [0.05, 0.1) is 19.1 Å². The largest absolute Gasteiger partial charge is 0.469 e. The van der Waals surface area contributed by atoms with Gasteiger partial charge in [0, 0.05) is 26.3 Å². The number of rotatable bonds is 6. The Kier molecular flexibility index (Phi) is 8.83. The molecule has 0 aromatic heterocycles. The van der Waals surface area contributed by atoms with Crippen molar-refractivity contribution in [3.8, 4) is 0 Å². The van der Waals surface area contributed by atoms with Gasteiger partial charge in [0.25, 0.3) is 0 Å². The highest BCUT2D eigenvalue weighted by molar-refractivity contribution is 5.85. The van der Waals surface area contributed by atoms with Crippen LogP contribution in [0, 0.1) is 11.8 Å². The van der Waals surface area contributed by atoms with E-state index in [4.69, 9.17) is 19.9 Å². The number of carbonyl (C=O) groups excluding carboxylic acids is 2. The lowest BCUT2D eigenvalue weighted by Crippen LogP contribution is -2.43. The summed E-state index contributed by atoms with van der Waals surface area (Å²) in [4.78, 5) is 24.1. The molecular formula is C15H27ClN2O5. The summed E-state index contributed by atoms with van der Waals surface area (Å²) in [5.41, 5.74) is 5.54. The molecule has 134 valence electrons. The first kappa shape index (κ1) is 20.2. The number of nitrogens with one attached hydrogen (secondary N) is 1. The molecule has 2 aliphatic rings.